The molecule has 8 aliphatic rings. The molecule has 2 nitrogen and oxygen atoms in total. The number of nitrogens with one attached hydrogen (secondary N) is 2. The predicted octanol–water partition coefficient (Wildman–Crippen LogP) is 12.3. The van der Waals surface area contributed by atoms with E-state index in [0.29, 0.717) is 35.9 Å². The van der Waals surface area contributed by atoms with E-state index < -0.39 is 0 Å². The number of hydrogen-bond acceptors (Lipinski definition) is 2. The van der Waals surface area contributed by atoms with Crippen molar-refractivity contribution >= 4 is 0 Å². The van der Waals surface area contributed by atoms with E-state index in [-0.39, 0.29) is 10.8 Å². The summed E-state index contributed by atoms with van der Waals surface area (Å²) in [5, 5.41) is 8.40. The van der Waals surface area contributed by atoms with E-state index in [2.05, 4.69) is 103 Å². The van der Waals surface area contributed by atoms with Gasteiger partial charge in [0, 0.05) is 11.1 Å². The van der Waals surface area contributed by atoms with Gasteiger partial charge >= 0.3 is 0 Å². The molecule has 9 rings (SSSR count). The van der Waals surface area contributed by atoms with Gasteiger partial charge in [-0.25, -0.2) is 0 Å². The molecule has 1 aliphatic heterocycles. The molecule has 52 heavy (non-hydrogen) atoms. The molecule has 1 fully saturated rings. The second-order valence-corrected chi connectivity index (χ2v) is 18.7. The third-order valence-electron chi connectivity index (χ3n) is 15.3. The molecule has 276 valence electrons. The minimum Gasteiger partial charge on any atom is -0.369 e. The van der Waals surface area contributed by atoms with Crippen LogP contribution in [0.5, 0.6) is 0 Å². The Labute approximate surface area is 316 Å². The number of allylic oxidation sites excluding steroid dienone is 10. The zero-order valence-electron chi connectivity index (χ0n) is 32.5. The number of rotatable bonds is 6. The second kappa shape index (κ2) is 14.8. The summed E-state index contributed by atoms with van der Waals surface area (Å²) in [6, 6.07) is 10.1. The molecule has 9 atom stereocenters. The fraction of sp³-hybridized carbons (Fsp3) is 0.600. The van der Waals surface area contributed by atoms with Crippen LogP contribution in [0.2, 0.25) is 0 Å². The number of benzene rings is 1. The highest BCUT2D eigenvalue weighted by atomic mass is 15.2. The maximum Gasteiger partial charge on any atom is 0.0804 e. The van der Waals surface area contributed by atoms with Gasteiger partial charge in [0.15, 0.2) is 0 Å². The molecule has 0 saturated heterocycles. The molecule has 1 aromatic carbocycles. The molecule has 2 heteroatoms. The molecule has 2 N–H and O–H groups in total. The van der Waals surface area contributed by atoms with Crippen molar-refractivity contribution in [2.75, 3.05) is 0 Å². The summed E-state index contributed by atoms with van der Waals surface area (Å²) in [6.07, 6.45) is 48.4. The molecular formula is C50H66N2. The molecular weight excluding hydrogens is 629 g/mol. The van der Waals surface area contributed by atoms with Crippen LogP contribution in [0.15, 0.2) is 107 Å². The Bertz CT molecular complexity index is 1710. The van der Waals surface area contributed by atoms with Crippen molar-refractivity contribution in [3.8, 4) is 0 Å². The van der Waals surface area contributed by atoms with Gasteiger partial charge in [0.25, 0.3) is 0 Å². The van der Waals surface area contributed by atoms with E-state index in [1.54, 1.807) is 27.8 Å². The molecule has 7 aliphatic carbocycles. The van der Waals surface area contributed by atoms with Gasteiger partial charge in [0.1, 0.15) is 0 Å². The number of fused-ring (bicyclic) bond motifs is 2. The van der Waals surface area contributed by atoms with Crippen molar-refractivity contribution in [3.05, 3.63) is 118 Å². The number of hydrogen-bond donors (Lipinski definition) is 2. The third kappa shape index (κ3) is 6.31. The summed E-state index contributed by atoms with van der Waals surface area (Å²) in [5.41, 5.74) is 11.8. The van der Waals surface area contributed by atoms with Crippen molar-refractivity contribution in [3.63, 3.8) is 0 Å². The van der Waals surface area contributed by atoms with E-state index in [1.807, 2.05) is 5.57 Å². The Morgan fingerprint density at radius 2 is 1.69 bits per heavy atom. The van der Waals surface area contributed by atoms with Crippen molar-refractivity contribution in [2.24, 2.45) is 35.0 Å². The van der Waals surface area contributed by atoms with Gasteiger partial charge in [0.05, 0.1) is 12.2 Å². The topological polar surface area (TPSA) is 24.1 Å². The van der Waals surface area contributed by atoms with E-state index in [4.69, 9.17) is 0 Å². The molecule has 8 unspecified atom stereocenters. The van der Waals surface area contributed by atoms with Crippen molar-refractivity contribution < 1.29 is 0 Å². The van der Waals surface area contributed by atoms with Gasteiger partial charge in [-0.3, -0.25) is 5.32 Å². The zero-order valence-corrected chi connectivity index (χ0v) is 32.5. The summed E-state index contributed by atoms with van der Waals surface area (Å²) in [4.78, 5) is 0. The molecule has 0 spiro atoms. The maximum absolute atomic E-state index is 4.22. The minimum atomic E-state index is 0.0505. The van der Waals surface area contributed by atoms with E-state index in [1.165, 1.54) is 128 Å². The van der Waals surface area contributed by atoms with Crippen LogP contribution in [0.4, 0.5) is 0 Å². The molecule has 0 radical (unpaired) electrons. The Hall–Kier alpha value is -2.84. The SMILES string of the molecule is CC1CCCC(C2NC(C3=C(C4CC=CC(C5(C6C=CCCC6)C6=CCCC[C@@]6(C)Cc6ccccc65)C4)CCC=C3)=CC(C3=CCCCC3)N2)C1. The Morgan fingerprint density at radius 3 is 2.56 bits per heavy atom. The largest absolute Gasteiger partial charge is 0.369 e. The summed E-state index contributed by atoms with van der Waals surface area (Å²) in [6.45, 7) is 5.12. The first-order valence-electron chi connectivity index (χ1n) is 22.0. The zero-order chi connectivity index (χ0) is 35.1. The molecule has 1 saturated carbocycles. The molecule has 1 aromatic rings. The van der Waals surface area contributed by atoms with E-state index in [9.17, 15) is 0 Å². The summed E-state index contributed by atoms with van der Waals surface area (Å²) < 4.78 is 0. The Balaban J connectivity index is 1.12. The summed E-state index contributed by atoms with van der Waals surface area (Å²) in [5.74, 6) is 3.19. The highest BCUT2D eigenvalue weighted by Gasteiger charge is 2.57. The lowest BCUT2D eigenvalue weighted by atomic mass is 9.44. The van der Waals surface area contributed by atoms with Gasteiger partial charge in [-0.1, -0.05) is 116 Å². The van der Waals surface area contributed by atoms with E-state index in [0.717, 1.165) is 5.92 Å². The van der Waals surface area contributed by atoms with Crippen LogP contribution in [0, 0.1) is 35.0 Å². The lowest BCUT2D eigenvalue weighted by molar-refractivity contribution is 0.155. The first-order valence-corrected chi connectivity index (χ1v) is 22.0. The minimum absolute atomic E-state index is 0.0505. The van der Waals surface area contributed by atoms with Crippen LogP contribution in [-0.4, -0.2) is 12.2 Å². The van der Waals surface area contributed by atoms with Crippen LogP contribution in [0.3, 0.4) is 0 Å². The monoisotopic (exact) mass is 695 g/mol. The van der Waals surface area contributed by atoms with Gasteiger partial charge in [-0.05, 0) is 167 Å². The molecule has 0 aromatic heterocycles. The van der Waals surface area contributed by atoms with Crippen LogP contribution in [0.1, 0.15) is 141 Å². The summed E-state index contributed by atoms with van der Waals surface area (Å²) >= 11 is 0. The lowest BCUT2D eigenvalue weighted by Gasteiger charge is -2.59. The average Bonchev–Trinajstić information content (AvgIpc) is 3.20. The molecule has 0 bridgehead atoms. The van der Waals surface area contributed by atoms with Crippen molar-refractivity contribution in [2.45, 2.75) is 153 Å². The lowest BCUT2D eigenvalue weighted by Crippen LogP contribution is -2.56. The quantitative estimate of drug-likeness (QED) is 0.290. The second-order valence-electron chi connectivity index (χ2n) is 18.7. The van der Waals surface area contributed by atoms with Crippen LogP contribution < -0.4 is 10.6 Å². The first kappa shape index (κ1) is 34.9. The summed E-state index contributed by atoms with van der Waals surface area (Å²) in [7, 11) is 0. The highest BCUT2D eigenvalue weighted by Crippen LogP contribution is 2.63. The standard InChI is InChI=1S/C50H66N2/c1-35-17-15-22-38(31-35)48-51-45(36-18-5-3-6-19-36)33-46(52-48)43-27-11-10-26-42(43)37-21-16-25-41(32-37)50(40-23-7-4-8-24-40)44-28-12-9-20-39(44)34-49(2)30-14-13-29-47(49)50/h7,9,11-12,16,18,20,23,25,27-29,33,35,37-38,40-41,45,48,51-52H,3-6,8,10,13-15,17,19,21-22,24,26,30-32,34H2,1-2H3/t35?,37?,38?,40?,41?,45?,48?,49-,50?/m0/s1. The molecule has 1 heterocycles. The maximum atomic E-state index is 4.22. The fourth-order valence-corrected chi connectivity index (χ4v) is 13.0. The van der Waals surface area contributed by atoms with Gasteiger partial charge < -0.3 is 5.32 Å². The smallest absolute Gasteiger partial charge is 0.0804 e. The molecule has 0 amide bonds. The average molecular weight is 695 g/mol. The third-order valence-corrected chi connectivity index (χ3v) is 15.3. The van der Waals surface area contributed by atoms with Gasteiger partial charge in [0.2, 0.25) is 0 Å². The van der Waals surface area contributed by atoms with Gasteiger partial charge in [-0.2, -0.15) is 0 Å². The van der Waals surface area contributed by atoms with Gasteiger partial charge in [-0.15, -0.1) is 0 Å². The van der Waals surface area contributed by atoms with Crippen LogP contribution >= 0.6 is 0 Å². The van der Waals surface area contributed by atoms with Crippen LogP contribution in [0.25, 0.3) is 0 Å². The predicted molar refractivity (Wildman–Crippen MR) is 219 cm³/mol. The van der Waals surface area contributed by atoms with Crippen molar-refractivity contribution in [1.82, 2.24) is 10.6 Å². The fourth-order valence-electron chi connectivity index (χ4n) is 13.0. The van der Waals surface area contributed by atoms with Crippen LogP contribution in [-0.2, 0) is 11.8 Å². The first-order chi connectivity index (χ1) is 25.5. The van der Waals surface area contributed by atoms with E-state index >= 15 is 0 Å². The Kier molecular flexibility index (Phi) is 9.91. The van der Waals surface area contributed by atoms with Crippen molar-refractivity contribution in [1.29, 1.82) is 0 Å². The highest BCUT2D eigenvalue weighted by molar-refractivity contribution is 5.54. The normalized spacial score (nSPS) is 39.1. The Morgan fingerprint density at radius 1 is 0.788 bits per heavy atom.